The van der Waals surface area contributed by atoms with Crippen LogP contribution in [0.15, 0.2) is 6.07 Å². The van der Waals surface area contributed by atoms with E-state index in [1.165, 1.54) is 0 Å². The van der Waals surface area contributed by atoms with Crippen molar-refractivity contribution < 1.29 is 4.74 Å². The van der Waals surface area contributed by atoms with Crippen molar-refractivity contribution in [3.63, 3.8) is 0 Å². The van der Waals surface area contributed by atoms with E-state index >= 15 is 0 Å². The van der Waals surface area contributed by atoms with Gasteiger partial charge in [-0.05, 0) is 6.92 Å². The van der Waals surface area contributed by atoms with Gasteiger partial charge < -0.3 is 10.5 Å². The molecule has 1 heterocycles. The molecule has 2 N–H and O–H groups in total. The molecule has 0 spiro atoms. The molecule has 1 aromatic rings. The van der Waals surface area contributed by atoms with Crippen molar-refractivity contribution in [3.05, 3.63) is 11.8 Å². The Morgan fingerprint density at radius 1 is 1.57 bits per heavy atom. The molecule has 1 aromatic heterocycles. The topological polar surface area (TPSA) is 53.1 Å². The van der Waals surface area contributed by atoms with Crippen molar-refractivity contribution in [2.75, 3.05) is 19.5 Å². The third kappa shape index (κ3) is 2.73. The molecule has 0 saturated carbocycles. The van der Waals surface area contributed by atoms with E-state index in [1.54, 1.807) is 7.11 Å². The fraction of sp³-hybridized carbons (Fsp3) is 0.700. The van der Waals surface area contributed by atoms with Gasteiger partial charge in [-0.3, -0.25) is 4.68 Å². The molecular weight excluding hydrogens is 178 g/mol. The average Bonchev–Trinajstić information content (AvgIpc) is 2.28. The van der Waals surface area contributed by atoms with Gasteiger partial charge >= 0.3 is 0 Å². The van der Waals surface area contributed by atoms with E-state index in [0.29, 0.717) is 12.4 Å². The molecule has 0 aliphatic heterocycles. The fourth-order valence-corrected chi connectivity index (χ4v) is 1.54. The van der Waals surface area contributed by atoms with Crippen molar-refractivity contribution in [1.82, 2.24) is 9.78 Å². The first-order valence-corrected chi connectivity index (χ1v) is 4.73. The van der Waals surface area contributed by atoms with Gasteiger partial charge in [0.05, 0.1) is 6.61 Å². The van der Waals surface area contributed by atoms with E-state index in [9.17, 15) is 0 Å². The van der Waals surface area contributed by atoms with Crippen molar-refractivity contribution in [3.8, 4) is 0 Å². The highest BCUT2D eigenvalue weighted by molar-refractivity contribution is 5.28. The van der Waals surface area contributed by atoms with Crippen molar-refractivity contribution in [2.45, 2.75) is 27.3 Å². The molecule has 0 atom stereocenters. The number of nitrogens with zero attached hydrogens (tertiary/aromatic N) is 2. The highest BCUT2D eigenvalue weighted by atomic mass is 16.5. The second-order valence-electron chi connectivity index (χ2n) is 4.47. The summed E-state index contributed by atoms with van der Waals surface area (Å²) in [5, 5.41) is 4.22. The minimum atomic E-state index is 0.0813. The Hall–Kier alpha value is -1.03. The van der Waals surface area contributed by atoms with Crippen molar-refractivity contribution >= 4 is 5.82 Å². The summed E-state index contributed by atoms with van der Waals surface area (Å²) in [6, 6.07) is 1.88. The fourth-order valence-electron chi connectivity index (χ4n) is 1.54. The number of methoxy groups -OCH3 is 1. The maximum atomic E-state index is 5.61. The molecule has 0 bridgehead atoms. The lowest BCUT2D eigenvalue weighted by Gasteiger charge is -2.23. The van der Waals surface area contributed by atoms with Crippen LogP contribution in [0, 0.1) is 12.3 Å². The highest BCUT2D eigenvalue weighted by Gasteiger charge is 2.19. The van der Waals surface area contributed by atoms with E-state index in [0.717, 1.165) is 12.2 Å². The monoisotopic (exact) mass is 197 g/mol. The second-order valence-corrected chi connectivity index (χ2v) is 4.47. The zero-order chi connectivity index (χ0) is 10.8. The van der Waals surface area contributed by atoms with E-state index in [4.69, 9.17) is 10.5 Å². The van der Waals surface area contributed by atoms with Gasteiger partial charge in [0, 0.05) is 30.8 Å². The summed E-state index contributed by atoms with van der Waals surface area (Å²) in [5.41, 5.74) is 6.78. The number of hydrogen-bond acceptors (Lipinski definition) is 3. The molecule has 0 aliphatic carbocycles. The van der Waals surface area contributed by atoms with Gasteiger partial charge in [0.25, 0.3) is 0 Å². The lowest BCUT2D eigenvalue weighted by atomic mass is 9.95. The van der Waals surface area contributed by atoms with Gasteiger partial charge in [0.2, 0.25) is 0 Å². The Labute approximate surface area is 85.0 Å². The smallest absolute Gasteiger partial charge is 0.145 e. The average molecular weight is 197 g/mol. The van der Waals surface area contributed by atoms with Crippen LogP contribution in [0.1, 0.15) is 19.5 Å². The number of ether oxygens (including phenoxy) is 1. The molecule has 0 aromatic carbocycles. The summed E-state index contributed by atoms with van der Waals surface area (Å²) in [5.74, 6) is 0.579. The van der Waals surface area contributed by atoms with Crippen LogP contribution in [-0.2, 0) is 11.3 Å². The molecule has 4 nitrogen and oxygen atoms in total. The maximum Gasteiger partial charge on any atom is 0.145 e. The second kappa shape index (κ2) is 4.00. The predicted molar refractivity (Wildman–Crippen MR) is 57.0 cm³/mol. The lowest BCUT2D eigenvalue weighted by Crippen LogP contribution is -2.26. The molecule has 0 fully saturated rings. The van der Waals surface area contributed by atoms with Gasteiger partial charge in [0.1, 0.15) is 5.82 Å². The standard InChI is InChI=1S/C10H19N3O/c1-8-5-9(11)12-13(8)6-10(2,3)7-14-4/h5H,6-7H2,1-4H3,(H2,11,12). The summed E-state index contributed by atoms with van der Waals surface area (Å²) in [6.07, 6.45) is 0. The van der Waals surface area contributed by atoms with Crippen LogP contribution < -0.4 is 5.73 Å². The van der Waals surface area contributed by atoms with Gasteiger partial charge in [-0.25, -0.2) is 0 Å². The van der Waals surface area contributed by atoms with Crippen LogP contribution >= 0.6 is 0 Å². The molecule has 0 amide bonds. The van der Waals surface area contributed by atoms with Gasteiger partial charge in [-0.2, -0.15) is 5.10 Å². The number of aryl methyl sites for hydroxylation is 1. The van der Waals surface area contributed by atoms with Crippen LogP contribution in [0.2, 0.25) is 0 Å². The van der Waals surface area contributed by atoms with E-state index in [1.807, 2.05) is 17.7 Å². The van der Waals surface area contributed by atoms with Crippen LogP contribution in [0.25, 0.3) is 0 Å². The van der Waals surface area contributed by atoms with Crippen molar-refractivity contribution in [1.29, 1.82) is 0 Å². The summed E-state index contributed by atoms with van der Waals surface area (Å²) in [7, 11) is 1.71. The molecule has 0 radical (unpaired) electrons. The van der Waals surface area contributed by atoms with Crippen LogP contribution in [-0.4, -0.2) is 23.5 Å². The SMILES string of the molecule is COCC(C)(C)Cn1nc(N)cc1C. The van der Waals surface area contributed by atoms with Crippen LogP contribution in [0.4, 0.5) is 5.82 Å². The summed E-state index contributed by atoms with van der Waals surface area (Å²) in [6.45, 7) is 7.84. The number of rotatable bonds is 4. The Kier molecular flexibility index (Phi) is 3.16. The largest absolute Gasteiger partial charge is 0.384 e. The molecule has 80 valence electrons. The van der Waals surface area contributed by atoms with E-state index < -0.39 is 0 Å². The van der Waals surface area contributed by atoms with Crippen LogP contribution in [0.3, 0.4) is 0 Å². The first-order chi connectivity index (χ1) is 6.44. The zero-order valence-corrected chi connectivity index (χ0v) is 9.37. The molecular formula is C10H19N3O. The summed E-state index contributed by atoms with van der Waals surface area (Å²) in [4.78, 5) is 0. The molecule has 0 aliphatic rings. The minimum Gasteiger partial charge on any atom is -0.384 e. The number of anilines is 1. The van der Waals surface area contributed by atoms with Crippen LogP contribution in [0.5, 0.6) is 0 Å². The number of hydrogen-bond donors (Lipinski definition) is 1. The predicted octanol–water partition coefficient (Wildman–Crippen LogP) is 1.45. The Bertz CT molecular complexity index is 304. The van der Waals surface area contributed by atoms with Gasteiger partial charge in [-0.15, -0.1) is 0 Å². The Morgan fingerprint density at radius 3 is 2.64 bits per heavy atom. The normalized spacial score (nSPS) is 12.0. The lowest BCUT2D eigenvalue weighted by molar-refractivity contribution is 0.0887. The maximum absolute atomic E-state index is 5.61. The summed E-state index contributed by atoms with van der Waals surface area (Å²) >= 11 is 0. The quantitative estimate of drug-likeness (QED) is 0.794. The molecule has 14 heavy (non-hydrogen) atoms. The number of nitrogens with two attached hydrogens (primary N) is 1. The minimum absolute atomic E-state index is 0.0813. The van der Waals surface area contributed by atoms with Crippen molar-refractivity contribution in [2.24, 2.45) is 5.41 Å². The molecule has 4 heteroatoms. The number of nitrogen functional groups attached to an aromatic ring is 1. The molecule has 1 rings (SSSR count). The Morgan fingerprint density at radius 2 is 2.21 bits per heavy atom. The first-order valence-electron chi connectivity index (χ1n) is 4.73. The summed E-state index contributed by atoms with van der Waals surface area (Å²) < 4.78 is 7.08. The number of aromatic nitrogens is 2. The third-order valence-corrected chi connectivity index (χ3v) is 2.11. The van der Waals surface area contributed by atoms with E-state index in [-0.39, 0.29) is 5.41 Å². The zero-order valence-electron chi connectivity index (χ0n) is 9.37. The molecule has 0 unspecified atom stereocenters. The Balaban J connectivity index is 2.72. The van der Waals surface area contributed by atoms with Gasteiger partial charge in [-0.1, -0.05) is 13.8 Å². The van der Waals surface area contributed by atoms with E-state index in [2.05, 4.69) is 18.9 Å². The highest BCUT2D eigenvalue weighted by Crippen LogP contribution is 2.19. The first kappa shape index (κ1) is 11.0. The third-order valence-electron chi connectivity index (χ3n) is 2.11. The molecule has 0 saturated heterocycles. The van der Waals surface area contributed by atoms with Gasteiger partial charge in [0.15, 0.2) is 0 Å².